The van der Waals surface area contributed by atoms with Crippen LogP contribution >= 0.6 is 0 Å². The van der Waals surface area contributed by atoms with Crippen molar-refractivity contribution >= 4 is 21.6 Å². The predicted molar refractivity (Wildman–Crippen MR) is 97.3 cm³/mol. The number of amides is 1. The number of furan rings is 1. The number of nitrogens with one attached hydrogen (secondary N) is 1. The molecule has 0 radical (unpaired) electrons. The molecule has 1 fully saturated rings. The van der Waals surface area contributed by atoms with E-state index in [0.29, 0.717) is 36.1 Å². The molecule has 1 aliphatic carbocycles. The predicted octanol–water partition coefficient (Wildman–Crippen LogP) is 3.11. The van der Waals surface area contributed by atoms with Crippen molar-refractivity contribution in [1.29, 1.82) is 0 Å². The van der Waals surface area contributed by atoms with Crippen LogP contribution in [0.15, 0.2) is 39.6 Å². The van der Waals surface area contributed by atoms with Crippen molar-refractivity contribution in [2.24, 2.45) is 5.92 Å². The number of anilines is 1. The van der Waals surface area contributed by atoms with Gasteiger partial charge >= 0.3 is 0 Å². The Hall–Kier alpha value is -2.12. The summed E-state index contributed by atoms with van der Waals surface area (Å²) >= 11 is 0. The number of hydrogen-bond donors (Lipinski definition) is 1. The molecule has 1 aromatic heterocycles. The maximum atomic E-state index is 12.9. The fourth-order valence-corrected chi connectivity index (χ4v) is 4.59. The lowest BCUT2D eigenvalue weighted by atomic mass is 10.0. The second-order valence-corrected chi connectivity index (χ2v) is 9.30. The third-order valence-corrected chi connectivity index (χ3v) is 7.02. The van der Waals surface area contributed by atoms with Gasteiger partial charge in [-0.3, -0.25) is 4.79 Å². The van der Waals surface area contributed by atoms with Gasteiger partial charge in [-0.15, -0.1) is 0 Å². The van der Waals surface area contributed by atoms with E-state index < -0.39 is 10.0 Å². The van der Waals surface area contributed by atoms with Crippen molar-refractivity contribution in [3.05, 3.63) is 47.4 Å². The minimum Gasteiger partial charge on any atom is -0.464 e. The summed E-state index contributed by atoms with van der Waals surface area (Å²) in [7, 11) is -2.08. The van der Waals surface area contributed by atoms with E-state index in [1.165, 1.54) is 10.4 Å². The molecule has 0 spiro atoms. The Balaban J connectivity index is 1.52. The molecular weight excluding hydrogens is 352 g/mol. The third kappa shape index (κ3) is 3.17. The summed E-state index contributed by atoms with van der Waals surface area (Å²) in [6, 6.07) is 8.66. The molecule has 2 aromatic rings. The van der Waals surface area contributed by atoms with Crippen LogP contribution in [0.5, 0.6) is 0 Å². The quantitative estimate of drug-likeness (QED) is 0.872. The second-order valence-electron chi connectivity index (χ2n) is 7.25. The molecule has 0 bridgehead atoms. The summed E-state index contributed by atoms with van der Waals surface area (Å²) in [6.45, 7) is 2.37. The van der Waals surface area contributed by atoms with Gasteiger partial charge in [-0.05, 0) is 54.7 Å². The highest BCUT2D eigenvalue weighted by atomic mass is 32.2. The van der Waals surface area contributed by atoms with Gasteiger partial charge in [0, 0.05) is 25.1 Å². The van der Waals surface area contributed by atoms with E-state index in [0.717, 1.165) is 17.7 Å². The molecule has 0 saturated heterocycles. The van der Waals surface area contributed by atoms with Crippen LogP contribution in [0.4, 0.5) is 5.69 Å². The van der Waals surface area contributed by atoms with Gasteiger partial charge in [0.15, 0.2) is 0 Å². The van der Waals surface area contributed by atoms with E-state index in [1.54, 1.807) is 19.2 Å². The highest BCUT2D eigenvalue weighted by molar-refractivity contribution is 7.89. The van der Waals surface area contributed by atoms with Gasteiger partial charge < -0.3 is 9.73 Å². The average Bonchev–Trinajstić information content (AvgIpc) is 3.15. The largest absolute Gasteiger partial charge is 0.464 e. The molecule has 2 atom stereocenters. The molecule has 1 aliphatic heterocycles. The van der Waals surface area contributed by atoms with Gasteiger partial charge in [-0.25, -0.2) is 8.42 Å². The van der Waals surface area contributed by atoms with Crippen LogP contribution in [0.2, 0.25) is 0 Å². The first kappa shape index (κ1) is 17.3. The zero-order chi connectivity index (χ0) is 18.5. The van der Waals surface area contributed by atoms with Crippen LogP contribution in [-0.2, 0) is 27.8 Å². The fourth-order valence-electron chi connectivity index (χ4n) is 3.40. The second kappa shape index (κ2) is 6.25. The van der Waals surface area contributed by atoms with Gasteiger partial charge in [0.1, 0.15) is 11.5 Å². The molecule has 26 heavy (non-hydrogen) atoms. The number of nitrogens with zero attached hydrogens (tertiary/aromatic N) is 1. The van der Waals surface area contributed by atoms with E-state index in [-0.39, 0.29) is 17.3 Å². The number of sulfonamides is 1. The van der Waals surface area contributed by atoms with E-state index >= 15 is 0 Å². The van der Waals surface area contributed by atoms with Gasteiger partial charge in [-0.2, -0.15) is 4.31 Å². The van der Waals surface area contributed by atoms with Crippen molar-refractivity contribution in [2.45, 2.75) is 43.5 Å². The molecular formula is C19H22N2O4S. The number of carbonyl (C=O) groups is 1. The lowest BCUT2D eigenvalue weighted by Gasteiger charge is -2.20. The summed E-state index contributed by atoms with van der Waals surface area (Å²) in [5.41, 5.74) is 1.54. The Morgan fingerprint density at radius 3 is 2.73 bits per heavy atom. The zero-order valence-corrected chi connectivity index (χ0v) is 15.7. The Labute approximate surface area is 153 Å². The number of fused-ring (bicyclic) bond motifs is 1. The van der Waals surface area contributed by atoms with Crippen molar-refractivity contribution in [3.63, 3.8) is 0 Å². The lowest BCUT2D eigenvalue weighted by Crippen LogP contribution is -2.27. The minimum atomic E-state index is -3.63. The van der Waals surface area contributed by atoms with Crippen LogP contribution in [0.1, 0.15) is 42.8 Å². The molecule has 1 N–H and O–H groups in total. The first-order valence-electron chi connectivity index (χ1n) is 8.82. The summed E-state index contributed by atoms with van der Waals surface area (Å²) < 4.78 is 32.9. The number of benzene rings is 1. The average molecular weight is 374 g/mol. The molecule has 4 rings (SSSR count). The Morgan fingerprint density at radius 1 is 1.23 bits per heavy atom. The summed E-state index contributed by atoms with van der Waals surface area (Å²) in [5.74, 6) is 2.68. The maximum Gasteiger partial charge on any atom is 0.243 e. The monoisotopic (exact) mass is 374 g/mol. The Kier molecular flexibility index (Phi) is 4.16. The summed E-state index contributed by atoms with van der Waals surface area (Å²) in [6.07, 6.45) is 2.06. The van der Waals surface area contributed by atoms with Crippen molar-refractivity contribution in [2.75, 3.05) is 12.4 Å². The molecule has 0 unspecified atom stereocenters. The maximum absolute atomic E-state index is 12.9. The van der Waals surface area contributed by atoms with E-state index in [1.807, 2.05) is 12.1 Å². The standard InChI is InChI=1S/C19H22N2O4S/c1-12-9-16(12)18-7-4-14(25-18)11-21(2)26(23,24)15-5-6-17-13(10-15)3-8-19(22)20-17/h4-7,10,12,16H,3,8-9,11H2,1-2H3,(H,20,22)/t12-,16-/m1/s1. The van der Waals surface area contributed by atoms with Crippen molar-refractivity contribution < 1.29 is 17.6 Å². The molecule has 138 valence electrons. The topological polar surface area (TPSA) is 79.6 Å². The zero-order valence-electron chi connectivity index (χ0n) is 14.9. The Bertz CT molecular complexity index is 964. The fraction of sp³-hybridized carbons (Fsp3) is 0.421. The van der Waals surface area contributed by atoms with Gasteiger partial charge in [0.2, 0.25) is 15.9 Å². The highest BCUT2D eigenvalue weighted by Crippen LogP contribution is 2.47. The number of hydrogen-bond acceptors (Lipinski definition) is 4. The molecule has 2 heterocycles. The number of rotatable bonds is 5. The highest BCUT2D eigenvalue weighted by Gasteiger charge is 2.36. The van der Waals surface area contributed by atoms with E-state index in [9.17, 15) is 13.2 Å². The van der Waals surface area contributed by atoms with Gasteiger partial charge in [-0.1, -0.05) is 6.92 Å². The van der Waals surface area contributed by atoms with Gasteiger partial charge in [0.25, 0.3) is 0 Å². The summed E-state index contributed by atoms with van der Waals surface area (Å²) in [5, 5.41) is 2.77. The first-order valence-corrected chi connectivity index (χ1v) is 10.3. The number of carbonyl (C=O) groups excluding carboxylic acids is 1. The molecule has 6 nitrogen and oxygen atoms in total. The van der Waals surface area contributed by atoms with Gasteiger partial charge in [0.05, 0.1) is 11.4 Å². The van der Waals surface area contributed by atoms with Crippen molar-refractivity contribution in [3.8, 4) is 0 Å². The van der Waals surface area contributed by atoms with Crippen molar-refractivity contribution in [1.82, 2.24) is 4.31 Å². The SMILES string of the molecule is C[C@@H]1C[C@H]1c1ccc(CN(C)S(=O)(=O)c2ccc3c(c2)CCC(=O)N3)o1. The molecule has 2 aliphatic rings. The van der Waals surface area contributed by atoms with E-state index in [2.05, 4.69) is 12.2 Å². The minimum absolute atomic E-state index is 0.0381. The van der Waals surface area contributed by atoms with Crippen LogP contribution < -0.4 is 5.32 Å². The van der Waals surface area contributed by atoms with Crippen LogP contribution in [0.3, 0.4) is 0 Å². The molecule has 1 aromatic carbocycles. The van der Waals surface area contributed by atoms with Crippen LogP contribution in [-0.4, -0.2) is 25.7 Å². The molecule has 1 saturated carbocycles. The number of aryl methyl sites for hydroxylation is 1. The third-order valence-electron chi connectivity index (χ3n) is 5.22. The summed E-state index contributed by atoms with van der Waals surface area (Å²) in [4.78, 5) is 11.7. The molecule has 1 amide bonds. The normalized spacial score (nSPS) is 22.2. The molecule has 7 heteroatoms. The van der Waals surface area contributed by atoms with Crippen LogP contribution in [0.25, 0.3) is 0 Å². The van der Waals surface area contributed by atoms with E-state index in [4.69, 9.17) is 4.42 Å². The first-order chi connectivity index (χ1) is 12.3. The van der Waals surface area contributed by atoms with Crippen LogP contribution in [0, 0.1) is 5.92 Å². The lowest BCUT2D eigenvalue weighted by molar-refractivity contribution is -0.116. The smallest absolute Gasteiger partial charge is 0.243 e. The Morgan fingerprint density at radius 2 is 2.00 bits per heavy atom.